The third-order valence-electron chi connectivity index (χ3n) is 3.19. The van der Waals surface area contributed by atoms with E-state index in [2.05, 4.69) is 32.0 Å². The van der Waals surface area contributed by atoms with E-state index >= 15 is 0 Å². The second-order valence-electron chi connectivity index (χ2n) is 4.52. The molecule has 3 rings (SSSR count). The third-order valence-corrected chi connectivity index (χ3v) is 3.72. The van der Waals surface area contributed by atoms with E-state index in [4.69, 9.17) is 5.73 Å². The van der Waals surface area contributed by atoms with Crippen LogP contribution in [0.2, 0.25) is 0 Å². The van der Waals surface area contributed by atoms with E-state index in [1.54, 1.807) is 0 Å². The van der Waals surface area contributed by atoms with Crippen molar-refractivity contribution in [1.29, 1.82) is 5.26 Å². The van der Waals surface area contributed by atoms with E-state index in [0.29, 0.717) is 5.56 Å². The van der Waals surface area contributed by atoms with Crippen molar-refractivity contribution in [3.05, 3.63) is 58.7 Å². The Bertz CT molecular complexity index is 815. The highest BCUT2D eigenvalue weighted by Gasteiger charge is 2.13. The summed E-state index contributed by atoms with van der Waals surface area (Å²) in [5, 5.41) is 9.31. The summed E-state index contributed by atoms with van der Waals surface area (Å²) < 4.78 is 0.998. The SMILES string of the molecule is N#Cc1c(-c2ccc[nH]2)cc(-c2ccc(Br)cc2)nc1N. The van der Waals surface area contributed by atoms with Crippen molar-refractivity contribution < 1.29 is 0 Å². The van der Waals surface area contributed by atoms with Crippen LogP contribution in [0.15, 0.2) is 53.1 Å². The van der Waals surface area contributed by atoms with Gasteiger partial charge in [-0.15, -0.1) is 0 Å². The Morgan fingerprint density at radius 3 is 2.57 bits per heavy atom. The smallest absolute Gasteiger partial charge is 0.142 e. The number of hydrogen-bond acceptors (Lipinski definition) is 3. The standard InChI is InChI=1S/C16H11BrN4/c17-11-5-3-10(4-6-11)15-8-12(14-2-1-7-20-14)13(9-18)16(19)21-15/h1-8,20H,(H2,19,21). The highest BCUT2D eigenvalue weighted by molar-refractivity contribution is 9.10. The monoisotopic (exact) mass is 338 g/mol. The lowest BCUT2D eigenvalue weighted by Gasteiger charge is -2.09. The molecule has 0 aliphatic heterocycles. The van der Waals surface area contributed by atoms with E-state index < -0.39 is 0 Å². The summed E-state index contributed by atoms with van der Waals surface area (Å²) in [4.78, 5) is 7.44. The van der Waals surface area contributed by atoms with Crippen LogP contribution in [-0.2, 0) is 0 Å². The lowest BCUT2D eigenvalue weighted by atomic mass is 10.0. The number of rotatable bonds is 2. The van der Waals surface area contributed by atoms with Crippen molar-refractivity contribution in [1.82, 2.24) is 9.97 Å². The fraction of sp³-hybridized carbons (Fsp3) is 0. The van der Waals surface area contributed by atoms with Gasteiger partial charge in [0, 0.05) is 27.5 Å². The van der Waals surface area contributed by atoms with Gasteiger partial charge >= 0.3 is 0 Å². The quantitative estimate of drug-likeness (QED) is 0.742. The number of anilines is 1. The van der Waals surface area contributed by atoms with Gasteiger partial charge in [0.05, 0.1) is 5.69 Å². The Balaban J connectivity index is 2.21. The predicted molar refractivity (Wildman–Crippen MR) is 86.3 cm³/mol. The highest BCUT2D eigenvalue weighted by atomic mass is 79.9. The first-order valence-corrected chi connectivity index (χ1v) is 7.08. The van der Waals surface area contributed by atoms with Crippen LogP contribution in [0.5, 0.6) is 0 Å². The average Bonchev–Trinajstić information content (AvgIpc) is 3.01. The van der Waals surface area contributed by atoms with Crippen LogP contribution in [0.1, 0.15) is 5.56 Å². The van der Waals surface area contributed by atoms with Gasteiger partial charge in [-0.05, 0) is 30.3 Å². The highest BCUT2D eigenvalue weighted by Crippen LogP contribution is 2.30. The third kappa shape index (κ3) is 2.54. The van der Waals surface area contributed by atoms with Gasteiger partial charge in [0.25, 0.3) is 0 Å². The van der Waals surface area contributed by atoms with Gasteiger partial charge in [-0.2, -0.15) is 5.26 Å². The molecule has 0 atom stereocenters. The molecule has 0 bridgehead atoms. The van der Waals surface area contributed by atoms with Gasteiger partial charge in [-0.1, -0.05) is 28.1 Å². The number of pyridine rings is 1. The molecule has 4 nitrogen and oxygen atoms in total. The predicted octanol–water partition coefficient (Wildman–Crippen LogP) is 3.96. The Kier molecular flexibility index (Phi) is 3.46. The lowest BCUT2D eigenvalue weighted by molar-refractivity contribution is 1.29. The molecule has 2 heterocycles. The fourth-order valence-electron chi connectivity index (χ4n) is 2.16. The molecule has 3 aromatic rings. The largest absolute Gasteiger partial charge is 0.383 e. The van der Waals surface area contributed by atoms with E-state index in [-0.39, 0.29) is 5.82 Å². The summed E-state index contributed by atoms with van der Waals surface area (Å²) in [7, 11) is 0. The minimum atomic E-state index is 0.238. The van der Waals surface area contributed by atoms with Gasteiger partial charge in [0.15, 0.2) is 0 Å². The molecule has 1 aromatic carbocycles. The number of nitrogen functional groups attached to an aromatic ring is 1. The Labute approximate surface area is 130 Å². The number of hydrogen-bond donors (Lipinski definition) is 2. The van der Waals surface area contributed by atoms with Crippen molar-refractivity contribution >= 4 is 21.7 Å². The van der Waals surface area contributed by atoms with Crippen LogP contribution < -0.4 is 5.73 Å². The maximum Gasteiger partial charge on any atom is 0.142 e. The maximum atomic E-state index is 9.31. The summed E-state index contributed by atoms with van der Waals surface area (Å²) in [6.07, 6.45) is 1.81. The van der Waals surface area contributed by atoms with Gasteiger partial charge in [0.1, 0.15) is 17.5 Å². The van der Waals surface area contributed by atoms with Crippen LogP contribution in [0.4, 0.5) is 5.82 Å². The van der Waals surface area contributed by atoms with Crippen molar-refractivity contribution in [2.24, 2.45) is 0 Å². The van der Waals surface area contributed by atoms with Gasteiger partial charge < -0.3 is 10.7 Å². The molecule has 0 aliphatic carbocycles. The lowest BCUT2D eigenvalue weighted by Crippen LogP contribution is -1.99. The second kappa shape index (κ2) is 5.43. The summed E-state index contributed by atoms with van der Waals surface area (Å²) in [6.45, 7) is 0. The molecule has 21 heavy (non-hydrogen) atoms. The van der Waals surface area contributed by atoms with E-state index in [9.17, 15) is 5.26 Å². The normalized spacial score (nSPS) is 10.3. The van der Waals surface area contributed by atoms with Crippen molar-refractivity contribution in [3.8, 4) is 28.6 Å². The molecule has 0 radical (unpaired) electrons. The van der Waals surface area contributed by atoms with Crippen LogP contribution in [0, 0.1) is 11.3 Å². The van der Waals surface area contributed by atoms with E-state index in [1.165, 1.54) is 0 Å². The van der Waals surface area contributed by atoms with Crippen LogP contribution in [0.25, 0.3) is 22.5 Å². The molecular formula is C16H11BrN4. The number of halogens is 1. The molecule has 0 aliphatic rings. The number of H-pyrrole nitrogens is 1. The molecule has 3 N–H and O–H groups in total. The van der Waals surface area contributed by atoms with Crippen LogP contribution in [-0.4, -0.2) is 9.97 Å². The second-order valence-corrected chi connectivity index (χ2v) is 5.43. The summed E-state index contributed by atoms with van der Waals surface area (Å²) >= 11 is 3.41. The molecule has 0 saturated heterocycles. The molecule has 102 valence electrons. The van der Waals surface area contributed by atoms with Crippen molar-refractivity contribution in [3.63, 3.8) is 0 Å². The summed E-state index contributed by atoms with van der Waals surface area (Å²) in [6, 6.07) is 15.6. The molecule has 2 aromatic heterocycles. The Morgan fingerprint density at radius 2 is 1.95 bits per heavy atom. The molecule has 0 saturated carbocycles. The van der Waals surface area contributed by atoms with Crippen molar-refractivity contribution in [2.75, 3.05) is 5.73 Å². The molecule has 0 spiro atoms. The topological polar surface area (TPSA) is 78.5 Å². The molecule has 5 heteroatoms. The maximum absolute atomic E-state index is 9.31. The summed E-state index contributed by atoms with van der Waals surface area (Å²) in [5.41, 5.74) is 9.63. The van der Waals surface area contributed by atoms with Crippen LogP contribution in [0.3, 0.4) is 0 Å². The number of aromatic nitrogens is 2. The first-order valence-electron chi connectivity index (χ1n) is 6.29. The Morgan fingerprint density at radius 1 is 1.19 bits per heavy atom. The number of aromatic amines is 1. The molecule has 0 unspecified atom stereocenters. The molecular weight excluding hydrogens is 328 g/mol. The van der Waals surface area contributed by atoms with Crippen molar-refractivity contribution in [2.45, 2.75) is 0 Å². The number of nitrogens with zero attached hydrogens (tertiary/aromatic N) is 2. The number of nitrogens with one attached hydrogen (secondary N) is 1. The first-order chi connectivity index (χ1) is 10.2. The van der Waals surface area contributed by atoms with E-state index in [0.717, 1.165) is 27.0 Å². The van der Waals surface area contributed by atoms with E-state index in [1.807, 2.05) is 48.7 Å². The molecule has 0 amide bonds. The number of nitrogens with two attached hydrogens (primary N) is 1. The van der Waals surface area contributed by atoms with Crippen LogP contribution >= 0.6 is 15.9 Å². The number of benzene rings is 1. The first kappa shape index (κ1) is 13.4. The zero-order chi connectivity index (χ0) is 14.8. The van der Waals surface area contributed by atoms with Gasteiger partial charge in [-0.25, -0.2) is 4.98 Å². The Hall–Kier alpha value is -2.58. The van der Waals surface area contributed by atoms with Gasteiger partial charge in [0.2, 0.25) is 0 Å². The molecule has 0 fully saturated rings. The minimum absolute atomic E-state index is 0.238. The fourth-order valence-corrected chi connectivity index (χ4v) is 2.43. The average molecular weight is 339 g/mol. The van der Waals surface area contributed by atoms with Gasteiger partial charge in [-0.3, -0.25) is 0 Å². The summed E-state index contributed by atoms with van der Waals surface area (Å²) in [5.74, 6) is 0.238. The zero-order valence-corrected chi connectivity index (χ0v) is 12.6. The minimum Gasteiger partial charge on any atom is -0.383 e. The zero-order valence-electron chi connectivity index (χ0n) is 11.0. The number of nitriles is 1.